The second kappa shape index (κ2) is 11.6. The molecule has 0 spiro atoms. The van der Waals surface area contributed by atoms with E-state index in [0.717, 1.165) is 32.3 Å². The number of rotatable bonds is 14. The Morgan fingerprint density at radius 1 is 1.00 bits per heavy atom. The minimum atomic E-state index is 0.645. The lowest BCUT2D eigenvalue weighted by Crippen LogP contribution is -2.34. The first kappa shape index (κ1) is 16.9. The van der Waals surface area contributed by atoms with Gasteiger partial charge < -0.3 is 19.5 Å². The van der Waals surface area contributed by atoms with E-state index >= 15 is 0 Å². The van der Waals surface area contributed by atoms with E-state index in [2.05, 4.69) is 17.1 Å². The van der Waals surface area contributed by atoms with Gasteiger partial charge in [0.15, 0.2) is 0 Å². The minimum absolute atomic E-state index is 0.645. The first-order chi connectivity index (χ1) is 9.38. The minimum Gasteiger partial charge on any atom is -0.382 e. The van der Waals surface area contributed by atoms with Crippen molar-refractivity contribution in [3.63, 3.8) is 0 Å². The van der Waals surface area contributed by atoms with Crippen LogP contribution in [0.4, 0.5) is 0 Å². The zero-order valence-electron chi connectivity index (χ0n) is 12.5. The normalized spacial score (nSPS) is 15.3. The number of ether oxygens (including phenoxy) is 3. The summed E-state index contributed by atoms with van der Waals surface area (Å²) in [5, 5.41) is 3.42. The van der Waals surface area contributed by atoms with Crippen molar-refractivity contribution in [2.45, 2.75) is 25.8 Å². The largest absolute Gasteiger partial charge is 0.382 e. The summed E-state index contributed by atoms with van der Waals surface area (Å²) in [6.07, 6.45) is 2.78. The Hall–Kier alpha value is -0.200. The van der Waals surface area contributed by atoms with E-state index in [1.165, 1.54) is 19.4 Å². The van der Waals surface area contributed by atoms with E-state index in [1.807, 2.05) is 0 Å². The van der Waals surface area contributed by atoms with Gasteiger partial charge in [0.1, 0.15) is 0 Å². The van der Waals surface area contributed by atoms with E-state index < -0.39 is 0 Å². The molecular formula is C14H30N2O3. The van der Waals surface area contributed by atoms with Gasteiger partial charge in [-0.25, -0.2) is 0 Å². The Morgan fingerprint density at radius 2 is 1.68 bits per heavy atom. The Kier molecular flexibility index (Phi) is 10.3. The molecule has 1 aliphatic rings. The van der Waals surface area contributed by atoms with Gasteiger partial charge in [-0.1, -0.05) is 6.92 Å². The maximum absolute atomic E-state index is 5.47. The smallest absolute Gasteiger partial charge is 0.0701 e. The summed E-state index contributed by atoms with van der Waals surface area (Å²) in [4.78, 5) is 2.55. The van der Waals surface area contributed by atoms with Crippen molar-refractivity contribution < 1.29 is 14.2 Å². The zero-order valence-corrected chi connectivity index (χ0v) is 12.5. The monoisotopic (exact) mass is 274 g/mol. The number of hydrogen-bond donors (Lipinski definition) is 1. The van der Waals surface area contributed by atoms with Crippen LogP contribution in [-0.4, -0.2) is 77.3 Å². The second-order valence-electron chi connectivity index (χ2n) is 4.83. The number of hydrogen-bond acceptors (Lipinski definition) is 5. The van der Waals surface area contributed by atoms with E-state index in [0.29, 0.717) is 26.4 Å². The lowest BCUT2D eigenvalue weighted by atomic mass is 10.4. The fourth-order valence-electron chi connectivity index (χ4n) is 1.99. The van der Waals surface area contributed by atoms with Crippen molar-refractivity contribution >= 4 is 0 Å². The Labute approximate surface area is 117 Å². The van der Waals surface area contributed by atoms with Gasteiger partial charge >= 0.3 is 0 Å². The van der Waals surface area contributed by atoms with Crippen LogP contribution in [0.25, 0.3) is 0 Å². The Balaban J connectivity index is 1.73. The van der Waals surface area contributed by atoms with Gasteiger partial charge in [0.25, 0.3) is 0 Å². The van der Waals surface area contributed by atoms with Crippen molar-refractivity contribution in [2.75, 3.05) is 66.3 Å². The molecule has 1 saturated carbocycles. The molecule has 0 amide bonds. The fraction of sp³-hybridized carbons (Fsp3) is 1.00. The predicted octanol–water partition coefficient (Wildman–Crippen LogP) is 0.740. The molecule has 19 heavy (non-hydrogen) atoms. The van der Waals surface area contributed by atoms with E-state index in [-0.39, 0.29) is 0 Å². The van der Waals surface area contributed by atoms with Gasteiger partial charge in [-0.05, 0) is 19.4 Å². The summed E-state index contributed by atoms with van der Waals surface area (Å²) < 4.78 is 15.7. The molecule has 0 aromatic heterocycles. The average molecular weight is 274 g/mol. The Bertz CT molecular complexity index is 201. The molecule has 5 nitrogen and oxygen atoms in total. The van der Waals surface area contributed by atoms with Gasteiger partial charge in [-0.2, -0.15) is 0 Å². The molecule has 1 N–H and O–H groups in total. The number of nitrogens with one attached hydrogen (secondary N) is 1. The van der Waals surface area contributed by atoms with Gasteiger partial charge in [-0.3, -0.25) is 4.90 Å². The van der Waals surface area contributed by atoms with E-state index in [9.17, 15) is 0 Å². The fourth-order valence-corrected chi connectivity index (χ4v) is 1.99. The third-order valence-electron chi connectivity index (χ3n) is 3.27. The molecule has 114 valence electrons. The molecule has 1 fully saturated rings. The Morgan fingerprint density at radius 3 is 2.32 bits per heavy atom. The molecular weight excluding hydrogens is 244 g/mol. The van der Waals surface area contributed by atoms with Crippen LogP contribution in [0.2, 0.25) is 0 Å². The SMILES string of the molecule is CCN(CCNCCOCCOCCOC)C1CC1. The van der Waals surface area contributed by atoms with Gasteiger partial charge in [-0.15, -0.1) is 0 Å². The van der Waals surface area contributed by atoms with Crippen molar-refractivity contribution in [1.29, 1.82) is 0 Å². The molecule has 1 aliphatic carbocycles. The quantitative estimate of drug-likeness (QED) is 0.473. The van der Waals surface area contributed by atoms with Crippen LogP contribution in [0.5, 0.6) is 0 Å². The summed E-state index contributed by atoms with van der Waals surface area (Å²) >= 11 is 0. The number of nitrogens with zero attached hydrogens (tertiary/aromatic N) is 1. The van der Waals surface area contributed by atoms with Gasteiger partial charge in [0.05, 0.1) is 33.0 Å². The van der Waals surface area contributed by atoms with Crippen LogP contribution in [0, 0.1) is 0 Å². The lowest BCUT2D eigenvalue weighted by molar-refractivity contribution is 0.0255. The molecule has 0 aliphatic heterocycles. The third kappa shape index (κ3) is 9.35. The molecule has 0 bridgehead atoms. The van der Waals surface area contributed by atoms with Crippen molar-refractivity contribution in [3.05, 3.63) is 0 Å². The van der Waals surface area contributed by atoms with Crippen LogP contribution >= 0.6 is 0 Å². The highest BCUT2D eigenvalue weighted by molar-refractivity contribution is 4.83. The maximum Gasteiger partial charge on any atom is 0.0701 e. The molecule has 1 rings (SSSR count). The van der Waals surface area contributed by atoms with Crippen LogP contribution in [-0.2, 0) is 14.2 Å². The maximum atomic E-state index is 5.47. The molecule has 0 radical (unpaired) electrons. The topological polar surface area (TPSA) is 43.0 Å². The zero-order chi connectivity index (χ0) is 13.8. The summed E-state index contributed by atoms with van der Waals surface area (Å²) in [6, 6.07) is 0.868. The molecule has 0 aromatic rings. The van der Waals surface area contributed by atoms with Gasteiger partial charge in [0, 0.05) is 32.8 Å². The number of methoxy groups -OCH3 is 1. The van der Waals surface area contributed by atoms with Crippen LogP contribution < -0.4 is 5.32 Å². The summed E-state index contributed by atoms with van der Waals surface area (Å²) in [5.41, 5.74) is 0. The van der Waals surface area contributed by atoms with Crippen LogP contribution in [0.3, 0.4) is 0 Å². The first-order valence-corrected chi connectivity index (χ1v) is 7.47. The lowest BCUT2D eigenvalue weighted by Gasteiger charge is -2.19. The third-order valence-corrected chi connectivity index (χ3v) is 3.27. The van der Waals surface area contributed by atoms with E-state index in [1.54, 1.807) is 7.11 Å². The number of likely N-dealkylation sites (N-methyl/N-ethyl adjacent to an activating group) is 1. The van der Waals surface area contributed by atoms with Crippen LogP contribution in [0.1, 0.15) is 19.8 Å². The molecule has 0 atom stereocenters. The average Bonchev–Trinajstić information content (AvgIpc) is 3.25. The van der Waals surface area contributed by atoms with E-state index in [4.69, 9.17) is 14.2 Å². The van der Waals surface area contributed by atoms with Crippen molar-refractivity contribution in [1.82, 2.24) is 10.2 Å². The molecule has 0 heterocycles. The first-order valence-electron chi connectivity index (χ1n) is 7.47. The summed E-state index contributed by atoms with van der Waals surface area (Å²) in [5.74, 6) is 0. The standard InChI is InChI=1S/C14H30N2O3/c1-3-16(14-4-5-14)8-6-15-7-9-18-12-13-19-11-10-17-2/h14-15H,3-13H2,1-2H3. The predicted molar refractivity (Wildman–Crippen MR) is 76.7 cm³/mol. The second-order valence-corrected chi connectivity index (χ2v) is 4.83. The molecule has 0 saturated heterocycles. The summed E-state index contributed by atoms with van der Waals surface area (Å²) in [6.45, 7) is 9.89. The van der Waals surface area contributed by atoms with Crippen LogP contribution in [0.15, 0.2) is 0 Å². The molecule has 0 unspecified atom stereocenters. The highest BCUT2D eigenvalue weighted by Crippen LogP contribution is 2.25. The van der Waals surface area contributed by atoms with Gasteiger partial charge in [0.2, 0.25) is 0 Å². The highest BCUT2D eigenvalue weighted by atomic mass is 16.5. The van der Waals surface area contributed by atoms with Crippen molar-refractivity contribution in [3.8, 4) is 0 Å². The highest BCUT2D eigenvalue weighted by Gasteiger charge is 2.26. The summed E-state index contributed by atoms with van der Waals surface area (Å²) in [7, 11) is 1.68. The van der Waals surface area contributed by atoms with Crippen molar-refractivity contribution in [2.24, 2.45) is 0 Å². The molecule has 0 aromatic carbocycles. The molecule has 5 heteroatoms.